The predicted molar refractivity (Wildman–Crippen MR) is 115 cm³/mol. The summed E-state index contributed by atoms with van der Waals surface area (Å²) in [6.45, 7) is 5.47. The zero-order valence-electron chi connectivity index (χ0n) is 16.1. The maximum Gasteiger partial charge on any atom is 0.326 e. The van der Waals surface area contributed by atoms with E-state index in [1.165, 1.54) is 0 Å². The summed E-state index contributed by atoms with van der Waals surface area (Å²) in [5.74, 6) is 0.0555. The zero-order valence-corrected chi connectivity index (χ0v) is 19.1. The van der Waals surface area contributed by atoms with Crippen LogP contribution in [0.3, 0.4) is 0 Å². The van der Waals surface area contributed by atoms with Gasteiger partial charge in [-0.15, -0.1) is 0 Å². The number of carbonyl (C=O) groups is 3. The minimum atomic E-state index is -0.617. The van der Waals surface area contributed by atoms with E-state index in [0.717, 1.165) is 26.7 Å². The molecule has 1 heterocycles. The highest BCUT2D eigenvalue weighted by Gasteiger charge is 2.36. The molecule has 0 saturated carbocycles. The minimum absolute atomic E-state index is 0.0349. The second-order valence-electron chi connectivity index (χ2n) is 5.94. The van der Waals surface area contributed by atoms with Crippen LogP contribution in [0.2, 0.25) is 0 Å². The summed E-state index contributed by atoms with van der Waals surface area (Å²) in [6, 6.07) is 3.60. The van der Waals surface area contributed by atoms with E-state index in [2.05, 4.69) is 22.6 Å². The van der Waals surface area contributed by atoms with Gasteiger partial charge in [-0.2, -0.15) is 0 Å². The largest absolute Gasteiger partial charge is 0.493 e. The first-order valence-electron chi connectivity index (χ1n) is 8.75. The Morgan fingerprint density at radius 2 is 2.04 bits per heavy atom. The van der Waals surface area contributed by atoms with E-state index in [9.17, 15) is 14.4 Å². The Balaban J connectivity index is 2.27. The van der Waals surface area contributed by atoms with Crippen molar-refractivity contribution >= 4 is 57.5 Å². The number of hydrogen-bond donors (Lipinski definition) is 0. The van der Waals surface area contributed by atoms with E-state index in [4.69, 9.17) is 14.2 Å². The number of benzene rings is 1. The molecule has 1 aliphatic rings. The van der Waals surface area contributed by atoms with Crippen molar-refractivity contribution < 1.29 is 28.6 Å². The van der Waals surface area contributed by atoms with E-state index in [1.54, 1.807) is 26.2 Å². The molecule has 1 saturated heterocycles. The normalized spacial score (nSPS) is 16.5. The third-order valence-corrected chi connectivity index (χ3v) is 5.62. The lowest BCUT2D eigenvalue weighted by atomic mass is 10.1. The molecule has 1 aromatic rings. The topological polar surface area (TPSA) is 82.1 Å². The summed E-state index contributed by atoms with van der Waals surface area (Å²) >= 11 is 2.94. The Bertz CT molecular complexity index is 810. The first kappa shape index (κ1) is 22.5. The summed E-state index contributed by atoms with van der Waals surface area (Å²) in [6.07, 6.45) is 2.50. The molecule has 1 fully saturated rings. The van der Waals surface area contributed by atoms with Crippen LogP contribution >= 0.6 is 34.4 Å². The molecule has 0 unspecified atom stereocenters. The molecule has 0 N–H and O–H groups in total. The number of methoxy groups -OCH3 is 1. The Morgan fingerprint density at radius 1 is 1.32 bits per heavy atom. The molecule has 2 amide bonds. The van der Waals surface area contributed by atoms with Crippen LogP contribution in [0.15, 0.2) is 17.0 Å². The van der Waals surface area contributed by atoms with Crippen molar-refractivity contribution in [2.75, 3.05) is 20.3 Å². The van der Waals surface area contributed by atoms with E-state index in [1.807, 2.05) is 19.9 Å². The Labute approximate surface area is 181 Å². The highest BCUT2D eigenvalue weighted by atomic mass is 127. The number of halogens is 1. The van der Waals surface area contributed by atoms with Gasteiger partial charge < -0.3 is 14.2 Å². The second-order valence-corrected chi connectivity index (χ2v) is 8.10. The van der Waals surface area contributed by atoms with Crippen molar-refractivity contribution in [3.63, 3.8) is 0 Å². The Hall–Kier alpha value is -1.75. The van der Waals surface area contributed by atoms with Gasteiger partial charge in [0.15, 0.2) is 11.5 Å². The average Bonchev–Trinajstić information content (AvgIpc) is 2.91. The van der Waals surface area contributed by atoms with Crippen molar-refractivity contribution in [3.05, 3.63) is 26.2 Å². The SMILES string of the molecule is CCOC(=O)CN1C(=O)S/C(=C/c2cc(I)c(O[C@@H](C)CC)c(OC)c2)C1=O. The molecule has 1 aliphatic heterocycles. The van der Waals surface area contributed by atoms with Gasteiger partial charge in [-0.1, -0.05) is 6.92 Å². The van der Waals surface area contributed by atoms with Crippen LogP contribution in [0.5, 0.6) is 11.5 Å². The van der Waals surface area contributed by atoms with Crippen molar-refractivity contribution in [2.45, 2.75) is 33.3 Å². The third-order valence-electron chi connectivity index (χ3n) is 3.91. The molecule has 1 atom stereocenters. The van der Waals surface area contributed by atoms with Crippen molar-refractivity contribution in [1.82, 2.24) is 4.90 Å². The van der Waals surface area contributed by atoms with Gasteiger partial charge in [0.1, 0.15) is 6.54 Å². The molecular weight excluding hydrogens is 497 g/mol. The Morgan fingerprint density at radius 3 is 2.64 bits per heavy atom. The van der Waals surface area contributed by atoms with Gasteiger partial charge in [0.05, 0.1) is 28.3 Å². The van der Waals surface area contributed by atoms with Gasteiger partial charge in [-0.3, -0.25) is 19.3 Å². The number of rotatable bonds is 8. The van der Waals surface area contributed by atoms with Gasteiger partial charge >= 0.3 is 5.97 Å². The van der Waals surface area contributed by atoms with E-state index in [-0.39, 0.29) is 17.6 Å². The molecule has 28 heavy (non-hydrogen) atoms. The Kier molecular flexibility index (Phi) is 8.17. The number of nitrogens with zero attached hydrogens (tertiary/aromatic N) is 1. The van der Waals surface area contributed by atoms with Crippen LogP contribution in [0, 0.1) is 3.57 Å². The molecule has 0 aliphatic carbocycles. The number of thioether (sulfide) groups is 1. The van der Waals surface area contributed by atoms with Crippen LogP contribution < -0.4 is 9.47 Å². The second kappa shape index (κ2) is 10.1. The smallest absolute Gasteiger partial charge is 0.326 e. The van der Waals surface area contributed by atoms with Gasteiger partial charge in [-0.25, -0.2) is 0 Å². The lowest BCUT2D eigenvalue weighted by Crippen LogP contribution is -2.34. The van der Waals surface area contributed by atoms with Gasteiger partial charge in [0.2, 0.25) is 0 Å². The number of carbonyl (C=O) groups excluding carboxylic acids is 3. The third kappa shape index (κ3) is 5.40. The van der Waals surface area contributed by atoms with Crippen molar-refractivity contribution in [2.24, 2.45) is 0 Å². The molecule has 2 rings (SSSR count). The van der Waals surface area contributed by atoms with Crippen LogP contribution in [0.4, 0.5) is 4.79 Å². The summed E-state index contributed by atoms with van der Waals surface area (Å²) < 4.78 is 17.0. The highest BCUT2D eigenvalue weighted by molar-refractivity contribution is 14.1. The number of hydrogen-bond acceptors (Lipinski definition) is 7. The van der Waals surface area contributed by atoms with Crippen molar-refractivity contribution in [1.29, 1.82) is 0 Å². The molecular formula is C19H22INO6S. The van der Waals surface area contributed by atoms with Crippen LogP contribution in [0.1, 0.15) is 32.8 Å². The number of imide groups is 1. The zero-order chi connectivity index (χ0) is 20.8. The van der Waals surface area contributed by atoms with Crippen molar-refractivity contribution in [3.8, 4) is 11.5 Å². The first-order chi connectivity index (χ1) is 13.3. The summed E-state index contributed by atoms with van der Waals surface area (Å²) in [7, 11) is 1.55. The number of esters is 1. The molecule has 0 spiro atoms. The number of ether oxygens (including phenoxy) is 3. The molecule has 0 bridgehead atoms. The molecule has 7 nitrogen and oxygen atoms in total. The standard InChI is InChI=1S/C19H22INO6S/c1-5-11(3)27-17-13(20)7-12(8-14(17)25-4)9-15-18(23)21(19(24)28-15)10-16(22)26-6-2/h7-9,11H,5-6,10H2,1-4H3/b15-9+/t11-/m0/s1. The van der Waals surface area contributed by atoms with Crippen LogP contribution in [-0.2, 0) is 14.3 Å². The summed E-state index contributed by atoms with van der Waals surface area (Å²) in [4.78, 5) is 37.3. The van der Waals surface area contributed by atoms with E-state index in [0.29, 0.717) is 17.1 Å². The highest BCUT2D eigenvalue weighted by Crippen LogP contribution is 2.37. The molecule has 9 heteroatoms. The number of amides is 2. The summed E-state index contributed by atoms with van der Waals surface area (Å²) in [5, 5.41) is -0.498. The fourth-order valence-corrected chi connectivity index (χ4v) is 3.94. The van der Waals surface area contributed by atoms with Gasteiger partial charge in [0.25, 0.3) is 11.1 Å². The molecule has 0 aromatic heterocycles. The quantitative estimate of drug-likeness (QED) is 0.291. The van der Waals surface area contributed by atoms with E-state index >= 15 is 0 Å². The maximum atomic E-state index is 12.5. The monoisotopic (exact) mass is 519 g/mol. The van der Waals surface area contributed by atoms with Crippen LogP contribution in [0.25, 0.3) is 6.08 Å². The predicted octanol–water partition coefficient (Wildman–Crippen LogP) is 4.08. The fraction of sp³-hybridized carbons (Fsp3) is 0.421. The molecule has 1 aromatic carbocycles. The van der Waals surface area contributed by atoms with Gasteiger partial charge in [-0.05, 0) is 78.4 Å². The molecule has 152 valence electrons. The minimum Gasteiger partial charge on any atom is -0.493 e. The van der Waals surface area contributed by atoms with E-state index < -0.39 is 23.7 Å². The van der Waals surface area contributed by atoms with Crippen LogP contribution in [-0.4, -0.2) is 48.4 Å². The van der Waals surface area contributed by atoms with Gasteiger partial charge in [0, 0.05) is 0 Å². The maximum absolute atomic E-state index is 12.5. The lowest BCUT2D eigenvalue weighted by molar-refractivity contribution is -0.145. The fourth-order valence-electron chi connectivity index (χ4n) is 2.35. The summed E-state index contributed by atoms with van der Waals surface area (Å²) in [5.41, 5.74) is 0.694. The lowest BCUT2D eigenvalue weighted by Gasteiger charge is -2.17. The molecule has 0 radical (unpaired) electrons. The average molecular weight is 519 g/mol. The first-order valence-corrected chi connectivity index (χ1v) is 10.6.